The molecular weight excluding hydrogens is 350 g/mol. The maximum atomic E-state index is 13.1. The van der Waals surface area contributed by atoms with E-state index in [1.807, 2.05) is 6.33 Å². The monoisotopic (exact) mass is 381 g/mol. The van der Waals surface area contributed by atoms with Gasteiger partial charge in [0.25, 0.3) is 0 Å². The molecule has 3 aliphatic rings. The highest BCUT2D eigenvalue weighted by atomic mass is 35.5. The van der Waals surface area contributed by atoms with Crippen molar-refractivity contribution in [1.29, 1.82) is 0 Å². The van der Waals surface area contributed by atoms with E-state index in [-0.39, 0.29) is 18.3 Å². The number of hydrogen-bond acceptors (Lipinski definition) is 4. The van der Waals surface area contributed by atoms with Crippen LogP contribution in [0.2, 0.25) is 0 Å². The summed E-state index contributed by atoms with van der Waals surface area (Å²) < 4.78 is 2.13. The molecule has 1 amide bonds. The SMILES string of the molecule is CCn1cnnc1C1CCN(C(=O)C2CC3CCCC(C2)C3N)CC1.Cl. The van der Waals surface area contributed by atoms with Gasteiger partial charge in [-0.15, -0.1) is 22.6 Å². The zero-order valence-corrected chi connectivity index (χ0v) is 16.5. The quantitative estimate of drug-likeness (QED) is 0.872. The van der Waals surface area contributed by atoms with E-state index in [2.05, 4.69) is 26.6 Å². The van der Waals surface area contributed by atoms with E-state index >= 15 is 0 Å². The number of nitrogens with two attached hydrogens (primary N) is 1. The summed E-state index contributed by atoms with van der Waals surface area (Å²) in [4.78, 5) is 15.2. The number of aryl methyl sites for hydroxylation is 1. The molecule has 7 heteroatoms. The van der Waals surface area contributed by atoms with E-state index in [1.165, 1.54) is 19.3 Å². The Morgan fingerprint density at radius 1 is 1.19 bits per heavy atom. The molecule has 2 unspecified atom stereocenters. The summed E-state index contributed by atoms with van der Waals surface area (Å²) >= 11 is 0. The average molecular weight is 382 g/mol. The number of rotatable bonds is 3. The first-order chi connectivity index (χ1) is 12.2. The smallest absolute Gasteiger partial charge is 0.225 e. The van der Waals surface area contributed by atoms with E-state index in [4.69, 9.17) is 5.73 Å². The Balaban J connectivity index is 0.00000196. The molecule has 4 rings (SSSR count). The van der Waals surface area contributed by atoms with Gasteiger partial charge in [-0.05, 0) is 57.3 Å². The number of halogens is 1. The Labute approximate surface area is 162 Å². The van der Waals surface area contributed by atoms with Crippen LogP contribution in [-0.4, -0.2) is 44.7 Å². The molecule has 1 aliphatic heterocycles. The summed E-state index contributed by atoms with van der Waals surface area (Å²) in [6.45, 7) is 4.75. The molecule has 2 aliphatic carbocycles. The molecule has 1 saturated heterocycles. The summed E-state index contributed by atoms with van der Waals surface area (Å²) in [5.74, 6) is 3.27. The van der Waals surface area contributed by atoms with Gasteiger partial charge in [-0.3, -0.25) is 4.79 Å². The molecule has 2 saturated carbocycles. The lowest BCUT2D eigenvalue weighted by atomic mass is 9.65. The molecule has 1 aromatic rings. The van der Waals surface area contributed by atoms with Gasteiger partial charge in [0, 0.05) is 37.5 Å². The second-order valence-corrected chi connectivity index (χ2v) is 8.27. The number of likely N-dealkylation sites (tertiary alicyclic amines) is 1. The first-order valence-electron chi connectivity index (χ1n) is 10.1. The molecule has 2 N–H and O–H groups in total. The summed E-state index contributed by atoms with van der Waals surface area (Å²) in [7, 11) is 0. The van der Waals surface area contributed by atoms with Gasteiger partial charge in [-0.1, -0.05) is 6.42 Å². The standard InChI is InChI=1S/C19H31N5O.ClH/c1-2-23-12-21-22-18(23)13-6-8-24(9-7-13)19(25)16-10-14-4-3-5-15(11-16)17(14)20;/h12-17H,2-11,20H2,1H3;1H. The fourth-order valence-corrected chi connectivity index (χ4v) is 5.43. The van der Waals surface area contributed by atoms with Crippen molar-refractivity contribution in [2.75, 3.05) is 13.1 Å². The lowest BCUT2D eigenvalue weighted by Crippen LogP contribution is -2.50. The number of carbonyl (C=O) groups excluding carboxylic acids is 1. The predicted molar refractivity (Wildman–Crippen MR) is 103 cm³/mol. The van der Waals surface area contributed by atoms with Crippen LogP contribution in [0.3, 0.4) is 0 Å². The van der Waals surface area contributed by atoms with Crippen molar-refractivity contribution in [2.24, 2.45) is 23.5 Å². The number of aromatic nitrogens is 3. The van der Waals surface area contributed by atoms with Crippen LogP contribution in [-0.2, 0) is 11.3 Å². The second-order valence-electron chi connectivity index (χ2n) is 8.27. The number of piperidine rings is 1. The third kappa shape index (κ3) is 3.63. The third-order valence-electron chi connectivity index (χ3n) is 6.92. The molecule has 2 heterocycles. The molecule has 26 heavy (non-hydrogen) atoms. The largest absolute Gasteiger partial charge is 0.342 e. The van der Waals surface area contributed by atoms with Crippen molar-refractivity contribution < 1.29 is 4.79 Å². The Morgan fingerprint density at radius 3 is 2.46 bits per heavy atom. The molecule has 3 fully saturated rings. The zero-order valence-electron chi connectivity index (χ0n) is 15.7. The van der Waals surface area contributed by atoms with Gasteiger partial charge in [0.1, 0.15) is 12.2 Å². The van der Waals surface area contributed by atoms with Gasteiger partial charge < -0.3 is 15.2 Å². The molecule has 146 valence electrons. The van der Waals surface area contributed by atoms with Gasteiger partial charge in [0.05, 0.1) is 0 Å². The van der Waals surface area contributed by atoms with E-state index < -0.39 is 0 Å². The normalized spacial score (nSPS) is 32.2. The predicted octanol–water partition coefficient (Wildman–Crippen LogP) is 2.58. The molecule has 0 aromatic carbocycles. The minimum Gasteiger partial charge on any atom is -0.342 e. The van der Waals surface area contributed by atoms with Crippen LogP contribution in [0.1, 0.15) is 63.6 Å². The van der Waals surface area contributed by atoms with Crippen molar-refractivity contribution in [3.8, 4) is 0 Å². The highest BCUT2D eigenvalue weighted by Crippen LogP contribution is 2.42. The van der Waals surface area contributed by atoms with Crippen LogP contribution in [0.25, 0.3) is 0 Å². The first-order valence-corrected chi connectivity index (χ1v) is 10.1. The van der Waals surface area contributed by atoms with E-state index in [1.54, 1.807) is 0 Å². The zero-order chi connectivity index (χ0) is 17.4. The van der Waals surface area contributed by atoms with E-state index in [9.17, 15) is 4.79 Å². The minimum atomic E-state index is 0. The maximum Gasteiger partial charge on any atom is 0.225 e. The summed E-state index contributed by atoms with van der Waals surface area (Å²) in [5.41, 5.74) is 6.38. The average Bonchev–Trinajstić information content (AvgIpc) is 3.10. The van der Waals surface area contributed by atoms with Crippen molar-refractivity contribution in [1.82, 2.24) is 19.7 Å². The van der Waals surface area contributed by atoms with Crippen molar-refractivity contribution in [2.45, 2.75) is 70.4 Å². The fourth-order valence-electron chi connectivity index (χ4n) is 5.43. The minimum absolute atomic E-state index is 0. The molecular formula is C19H32ClN5O. The van der Waals surface area contributed by atoms with Crippen LogP contribution in [0.15, 0.2) is 6.33 Å². The van der Waals surface area contributed by atoms with Crippen molar-refractivity contribution in [3.05, 3.63) is 12.2 Å². The maximum absolute atomic E-state index is 13.1. The number of carbonyl (C=O) groups is 1. The number of hydrogen-bond donors (Lipinski definition) is 1. The van der Waals surface area contributed by atoms with Crippen LogP contribution in [0.5, 0.6) is 0 Å². The van der Waals surface area contributed by atoms with Crippen LogP contribution < -0.4 is 5.73 Å². The fraction of sp³-hybridized carbons (Fsp3) is 0.842. The molecule has 2 atom stereocenters. The number of nitrogens with zero attached hydrogens (tertiary/aromatic N) is 4. The topological polar surface area (TPSA) is 77.0 Å². The second kappa shape index (κ2) is 8.26. The molecule has 0 radical (unpaired) electrons. The van der Waals surface area contributed by atoms with Crippen LogP contribution in [0.4, 0.5) is 0 Å². The van der Waals surface area contributed by atoms with Gasteiger partial charge >= 0.3 is 0 Å². The summed E-state index contributed by atoms with van der Waals surface area (Å²) in [6, 6.07) is 0.337. The van der Waals surface area contributed by atoms with Gasteiger partial charge in [-0.2, -0.15) is 0 Å². The van der Waals surface area contributed by atoms with E-state index in [0.29, 0.717) is 29.7 Å². The Kier molecular flexibility index (Phi) is 6.23. The Hall–Kier alpha value is -1.14. The number of fused-ring (bicyclic) bond motifs is 2. The third-order valence-corrected chi connectivity index (χ3v) is 6.92. The first kappa shape index (κ1) is 19.6. The summed E-state index contributed by atoms with van der Waals surface area (Å²) in [6.07, 6.45) is 9.59. The lowest BCUT2D eigenvalue weighted by molar-refractivity contribution is -0.139. The van der Waals surface area contributed by atoms with Crippen molar-refractivity contribution >= 4 is 18.3 Å². The van der Waals surface area contributed by atoms with Crippen LogP contribution >= 0.6 is 12.4 Å². The number of amides is 1. The molecule has 0 spiro atoms. The summed E-state index contributed by atoms with van der Waals surface area (Å²) in [5, 5.41) is 8.37. The van der Waals surface area contributed by atoms with Crippen LogP contribution in [0, 0.1) is 17.8 Å². The lowest BCUT2D eigenvalue weighted by Gasteiger charge is -2.45. The van der Waals surface area contributed by atoms with E-state index in [0.717, 1.165) is 51.1 Å². The van der Waals surface area contributed by atoms with Gasteiger partial charge in [0.15, 0.2) is 0 Å². The highest BCUT2D eigenvalue weighted by Gasteiger charge is 2.42. The molecule has 1 aromatic heterocycles. The van der Waals surface area contributed by atoms with Crippen molar-refractivity contribution in [3.63, 3.8) is 0 Å². The Morgan fingerprint density at radius 2 is 1.85 bits per heavy atom. The highest BCUT2D eigenvalue weighted by molar-refractivity contribution is 5.85. The van der Waals surface area contributed by atoms with Gasteiger partial charge in [-0.25, -0.2) is 0 Å². The molecule has 6 nitrogen and oxygen atoms in total. The van der Waals surface area contributed by atoms with Gasteiger partial charge in [0.2, 0.25) is 5.91 Å². The molecule has 2 bridgehead atoms. The Bertz CT molecular complexity index is 599.